The molecule has 42 heavy (non-hydrogen) atoms. The molecule has 218 valence electrons. The third-order valence-electron chi connectivity index (χ3n) is 7.92. The minimum absolute atomic E-state index is 0.836. The molecule has 8 heteroatoms. The number of hydrogen-bond acceptors (Lipinski definition) is 6. The van der Waals surface area contributed by atoms with E-state index in [-0.39, 0.29) is 0 Å². The molecule has 0 aliphatic carbocycles. The van der Waals surface area contributed by atoms with Gasteiger partial charge in [0.05, 0.1) is 63.9 Å². The van der Waals surface area contributed by atoms with Gasteiger partial charge in [-0.2, -0.15) is 0 Å². The highest BCUT2D eigenvalue weighted by Gasteiger charge is 2.30. The summed E-state index contributed by atoms with van der Waals surface area (Å²) in [7, 11) is 5.90. The van der Waals surface area contributed by atoms with E-state index in [1.54, 1.807) is 0 Å². The van der Waals surface area contributed by atoms with Gasteiger partial charge in [0.15, 0.2) is 0 Å². The van der Waals surface area contributed by atoms with Crippen LogP contribution in [0.2, 0.25) is 0 Å². The van der Waals surface area contributed by atoms with Gasteiger partial charge in [-0.15, -0.1) is 0 Å². The van der Waals surface area contributed by atoms with Gasteiger partial charge >= 0.3 is 0 Å². The van der Waals surface area contributed by atoms with Gasteiger partial charge in [0.25, 0.3) is 0 Å². The Morgan fingerprint density at radius 1 is 0.524 bits per heavy atom. The molecule has 0 fully saturated rings. The maximum absolute atomic E-state index is 13.7. The first kappa shape index (κ1) is 28.8. The maximum atomic E-state index is 13.7. The summed E-state index contributed by atoms with van der Waals surface area (Å²) < 4.78 is 27.3. The highest BCUT2D eigenvalue weighted by Crippen LogP contribution is 2.46. The molecule has 2 atom stereocenters. The predicted molar refractivity (Wildman–Crippen MR) is 174 cm³/mol. The molecule has 0 radical (unpaired) electrons. The van der Waals surface area contributed by atoms with Crippen molar-refractivity contribution >= 4 is 44.3 Å². The summed E-state index contributed by atoms with van der Waals surface area (Å²) in [6, 6.07) is 28.7. The fourth-order valence-electron chi connectivity index (χ4n) is 5.87. The van der Waals surface area contributed by atoms with Crippen LogP contribution in [0.4, 0.5) is 22.7 Å². The fourth-order valence-corrected chi connectivity index (χ4v) is 8.59. The first-order chi connectivity index (χ1) is 20.3. The molecule has 2 aliphatic heterocycles. The van der Waals surface area contributed by atoms with E-state index in [0.29, 0.717) is 0 Å². The second-order valence-corrected chi connectivity index (χ2v) is 14.3. The number of hydrogen-bond donors (Lipinski definition) is 0. The van der Waals surface area contributed by atoms with Crippen LogP contribution in [-0.2, 0) is 21.6 Å². The summed E-state index contributed by atoms with van der Waals surface area (Å²) in [4.78, 5) is 12.5. The first-order valence-electron chi connectivity index (χ1n) is 14.5. The molecule has 0 saturated heterocycles. The number of nitrogens with zero attached hydrogens (tertiary/aromatic N) is 4. The van der Waals surface area contributed by atoms with Crippen LogP contribution >= 0.6 is 0 Å². The summed E-state index contributed by atoms with van der Waals surface area (Å²) in [6.07, 6.45) is 1.98. The van der Waals surface area contributed by atoms with E-state index in [1.165, 1.54) is 0 Å². The van der Waals surface area contributed by atoms with Gasteiger partial charge in [-0.05, 0) is 114 Å². The summed E-state index contributed by atoms with van der Waals surface area (Å²) in [5.74, 6) is 0. The van der Waals surface area contributed by atoms with Crippen LogP contribution in [0, 0.1) is 0 Å². The Labute approximate surface area is 254 Å². The van der Waals surface area contributed by atoms with Crippen molar-refractivity contribution in [2.45, 2.75) is 32.4 Å². The van der Waals surface area contributed by atoms with Crippen LogP contribution in [0.3, 0.4) is 0 Å². The smallest absolute Gasteiger partial charge is 0.0892 e. The Morgan fingerprint density at radius 2 is 0.905 bits per heavy atom. The van der Waals surface area contributed by atoms with E-state index in [2.05, 4.69) is 84.2 Å². The topological polar surface area (TPSA) is 47.1 Å². The predicted octanol–water partition coefficient (Wildman–Crippen LogP) is 6.49. The SMILES string of the molecule is CN(C)CCCN1c2ccccc2S(=O)c2ccc(-c3ccc4c(c3)N(CCCN(C)C)c3ccccc3S4=O)cc21. The molecule has 2 heterocycles. The lowest BCUT2D eigenvalue weighted by molar-refractivity contribution is 0.402. The van der Waals surface area contributed by atoms with Crippen molar-refractivity contribution in [1.82, 2.24) is 9.80 Å². The highest BCUT2D eigenvalue weighted by molar-refractivity contribution is 7.85. The van der Waals surface area contributed by atoms with E-state index < -0.39 is 21.6 Å². The number of para-hydroxylation sites is 2. The zero-order chi connectivity index (χ0) is 29.4. The van der Waals surface area contributed by atoms with Gasteiger partial charge < -0.3 is 19.6 Å². The Hall–Kier alpha value is -3.30. The Morgan fingerprint density at radius 3 is 1.31 bits per heavy atom. The van der Waals surface area contributed by atoms with Gasteiger partial charge in [0.1, 0.15) is 0 Å². The van der Waals surface area contributed by atoms with Crippen LogP contribution in [0.25, 0.3) is 11.1 Å². The lowest BCUT2D eigenvalue weighted by Gasteiger charge is -2.34. The number of benzene rings is 4. The van der Waals surface area contributed by atoms with Crippen LogP contribution in [0.1, 0.15) is 12.8 Å². The largest absolute Gasteiger partial charge is 0.339 e. The van der Waals surface area contributed by atoms with Crippen molar-refractivity contribution < 1.29 is 8.42 Å². The molecule has 0 saturated carbocycles. The Balaban J connectivity index is 1.41. The average Bonchev–Trinajstić information content (AvgIpc) is 2.99. The van der Waals surface area contributed by atoms with Crippen molar-refractivity contribution in [3.05, 3.63) is 84.9 Å². The monoisotopic (exact) mass is 598 g/mol. The minimum atomic E-state index is -1.24. The molecule has 0 spiro atoms. The molecule has 0 amide bonds. The molecule has 2 unspecified atom stereocenters. The molecule has 0 N–H and O–H groups in total. The van der Waals surface area contributed by atoms with Gasteiger partial charge in [-0.3, -0.25) is 0 Å². The first-order valence-corrected chi connectivity index (χ1v) is 16.8. The van der Waals surface area contributed by atoms with Gasteiger partial charge in [-0.1, -0.05) is 36.4 Å². The quantitative estimate of drug-likeness (QED) is 0.219. The average molecular weight is 599 g/mol. The van der Waals surface area contributed by atoms with E-state index in [1.807, 2.05) is 48.5 Å². The van der Waals surface area contributed by atoms with Crippen molar-refractivity contribution in [2.75, 3.05) is 64.2 Å². The van der Waals surface area contributed by atoms with E-state index in [0.717, 1.165) is 92.5 Å². The molecule has 4 aromatic carbocycles. The lowest BCUT2D eigenvalue weighted by Crippen LogP contribution is -2.27. The highest BCUT2D eigenvalue weighted by atomic mass is 32.2. The number of anilines is 4. The van der Waals surface area contributed by atoms with Crippen molar-refractivity contribution in [1.29, 1.82) is 0 Å². The Bertz CT molecular complexity index is 1550. The summed E-state index contributed by atoms with van der Waals surface area (Å²) in [5.41, 5.74) is 6.15. The lowest BCUT2D eigenvalue weighted by atomic mass is 10.0. The molecule has 4 aromatic rings. The second-order valence-electron chi connectivity index (χ2n) is 11.5. The molecule has 6 nitrogen and oxygen atoms in total. The van der Waals surface area contributed by atoms with E-state index >= 15 is 0 Å². The second kappa shape index (κ2) is 12.1. The molecular formula is C34H38N4O2S2. The summed E-state index contributed by atoms with van der Waals surface area (Å²) in [5, 5.41) is 0. The van der Waals surface area contributed by atoms with Crippen molar-refractivity contribution in [2.24, 2.45) is 0 Å². The standard InChI is InChI=1S/C34H38N4O2S2/c1-35(2)19-9-21-37-27-11-5-7-13-31(27)41(39)33-17-15-25(23-29(33)37)26-16-18-34-30(24-26)38(22-10-20-36(3)4)28-12-6-8-14-32(28)42(34)40/h5-8,11-18,23-24H,9-10,19-22H2,1-4H3. The molecule has 0 bridgehead atoms. The zero-order valence-electron chi connectivity index (χ0n) is 24.7. The molecule has 0 aromatic heterocycles. The van der Waals surface area contributed by atoms with Crippen molar-refractivity contribution in [3.63, 3.8) is 0 Å². The minimum Gasteiger partial charge on any atom is -0.339 e. The molecule has 6 rings (SSSR count). The van der Waals surface area contributed by atoms with Gasteiger partial charge in [0, 0.05) is 13.1 Å². The maximum Gasteiger partial charge on any atom is 0.0892 e. The van der Waals surface area contributed by atoms with E-state index in [4.69, 9.17) is 0 Å². The van der Waals surface area contributed by atoms with Crippen LogP contribution in [0.15, 0.2) is 105 Å². The Kier molecular flexibility index (Phi) is 8.32. The fraction of sp³-hybridized carbons (Fsp3) is 0.294. The number of rotatable bonds is 9. The number of fused-ring (bicyclic) bond motifs is 4. The molecule has 2 aliphatic rings. The summed E-state index contributed by atoms with van der Waals surface area (Å²) in [6.45, 7) is 3.62. The summed E-state index contributed by atoms with van der Waals surface area (Å²) >= 11 is 0. The van der Waals surface area contributed by atoms with Crippen LogP contribution in [0.5, 0.6) is 0 Å². The zero-order valence-corrected chi connectivity index (χ0v) is 26.4. The van der Waals surface area contributed by atoms with Crippen LogP contribution in [-0.4, -0.2) is 72.6 Å². The normalized spacial score (nSPS) is 17.2. The molecular weight excluding hydrogens is 561 g/mol. The van der Waals surface area contributed by atoms with Crippen molar-refractivity contribution in [3.8, 4) is 11.1 Å². The van der Waals surface area contributed by atoms with Gasteiger partial charge in [0.2, 0.25) is 0 Å². The van der Waals surface area contributed by atoms with E-state index in [9.17, 15) is 8.42 Å². The van der Waals surface area contributed by atoms with Crippen LogP contribution < -0.4 is 9.80 Å². The third-order valence-corrected chi connectivity index (χ3v) is 10.9. The third kappa shape index (κ3) is 5.44. The van der Waals surface area contributed by atoms with Gasteiger partial charge in [-0.25, -0.2) is 8.42 Å².